The molecule has 142 valence electrons. The number of benzene rings is 1. The zero-order valence-corrected chi connectivity index (χ0v) is 15.4. The van der Waals surface area contributed by atoms with Gasteiger partial charge < -0.3 is 9.47 Å². The van der Waals surface area contributed by atoms with Crippen molar-refractivity contribution in [2.45, 2.75) is 64.4 Å². The van der Waals surface area contributed by atoms with Gasteiger partial charge in [-0.15, -0.1) is 0 Å². The van der Waals surface area contributed by atoms with Crippen LogP contribution < -0.4 is 0 Å². The molecular formula is C18H24N2O6. The van der Waals surface area contributed by atoms with E-state index in [-0.39, 0.29) is 11.6 Å². The smallest absolute Gasteiger partial charge is 0.411 e. The third-order valence-corrected chi connectivity index (χ3v) is 3.81. The second-order valence-electron chi connectivity index (χ2n) is 7.28. The fraction of sp³-hybridized carbons (Fsp3) is 0.556. The van der Waals surface area contributed by atoms with Crippen LogP contribution in [0.2, 0.25) is 0 Å². The highest BCUT2D eigenvalue weighted by Crippen LogP contribution is 2.31. The van der Waals surface area contributed by atoms with E-state index in [2.05, 4.69) is 0 Å². The molecule has 0 bridgehead atoms. The monoisotopic (exact) mass is 364 g/mol. The molecule has 8 nitrogen and oxygen atoms in total. The molecule has 0 saturated heterocycles. The lowest BCUT2D eigenvalue weighted by molar-refractivity contribution is -0.576. The molecule has 1 aromatic rings. The molecule has 1 aromatic carbocycles. The van der Waals surface area contributed by atoms with Crippen LogP contribution in [-0.2, 0) is 14.3 Å². The van der Waals surface area contributed by atoms with E-state index in [1.54, 1.807) is 39.0 Å². The van der Waals surface area contributed by atoms with E-state index >= 15 is 0 Å². The Morgan fingerprint density at radius 1 is 1.23 bits per heavy atom. The average Bonchev–Trinajstić information content (AvgIpc) is 3.36. The molecule has 0 heterocycles. The van der Waals surface area contributed by atoms with E-state index < -0.39 is 34.9 Å². The first-order chi connectivity index (χ1) is 12.1. The molecular weight excluding hydrogens is 340 g/mol. The SMILES string of the molecule is C[C@@H](C(=O)OC(c1ccccc1)[N+](=O)[O-])N(C(=O)OC(C)(C)C)C1CC1. The highest BCUT2D eigenvalue weighted by atomic mass is 16.7. The lowest BCUT2D eigenvalue weighted by Gasteiger charge is -2.30. The third kappa shape index (κ3) is 5.18. The minimum absolute atomic E-state index is 0.113. The van der Waals surface area contributed by atoms with E-state index in [1.165, 1.54) is 24.0 Å². The van der Waals surface area contributed by atoms with E-state index in [1.807, 2.05) is 0 Å². The van der Waals surface area contributed by atoms with Crippen LogP contribution in [0.15, 0.2) is 30.3 Å². The fourth-order valence-electron chi connectivity index (χ4n) is 2.46. The summed E-state index contributed by atoms with van der Waals surface area (Å²) in [5.74, 6) is -0.840. The van der Waals surface area contributed by atoms with Crippen LogP contribution in [0.1, 0.15) is 52.3 Å². The highest BCUT2D eigenvalue weighted by molar-refractivity contribution is 5.81. The quantitative estimate of drug-likeness (QED) is 0.332. The number of carbonyl (C=O) groups is 2. The molecule has 0 aromatic heterocycles. The normalized spacial score (nSPS) is 16.3. The van der Waals surface area contributed by atoms with Gasteiger partial charge in [-0.3, -0.25) is 15.0 Å². The van der Waals surface area contributed by atoms with Crippen molar-refractivity contribution in [1.29, 1.82) is 0 Å². The number of hydrogen-bond acceptors (Lipinski definition) is 6. The van der Waals surface area contributed by atoms with Gasteiger partial charge in [-0.05, 0) is 52.7 Å². The van der Waals surface area contributed by atoms with Gasteiger partial charge in [0.05, 0.1) is 10.5 Å². The molecule has 1 aliphatic carbocycles. The Morgan fingerprint density at radius 2 is 1.81 bits per heavy atom. The van der Waals surface area contributed by atoms with Gasteiger partial charge in [-0.25, -0.2) is 9.59 Å². The zero-order valence-electron chi connectivity index (χ0n) is 15.4. The molecule has 0 N–H and O–H groups in total. The minimum atomic E-state index is -1.62. The van der Waals surface area contributed by atoms with Gasteiger partial charge in [0.1, 0.15) is 11.6 Å². The highest BCUT2D eigenvalue weighted by Gasteiger charge is 2.42. The van der Waals surface area contributed by atoms with Gasteiger partial charge in [0.2, 0.25) is 0 Å². The molecule has 0 aliphatic heterocycles. The van der Waals surface area contributed by atoms with Gasteiger partial charge in [0, 0.05) is 6.04 Å². The molecule has 0 spiro atoms. The summed E-state index contributed by atoms with van der Waals surface area (Å²) >= 11 is 0. The van der Waals surface area contributed by atoms with Gasteiger partial charge >= 0.3 is 18.3 Å². The van der Waals surface area contributed by atoms with Crippen molar-refractivity contribution >= 4 is 12.1 Å². The molecule has 2 rings (SSSR count). The van der Waals surface area contributed by atoms with Crippen molar-refractivity contribution in [3.05, 3.63) is 46.0 Å². The number of hydrogen-bond donors (Lipinski definition) is 0. The topological polar surface area (TPSA) is 99.0 Å². The predicted molar refractivity (Wildman–Crippen MR) is 92.8 cm³/mol. The van der Waals surface area contributed by atoms with E-state index in [9.17, 15) is 19.7 Å². The minimum Gasteiger partial charge on any atom is -0.444 e. The standard InChI is InChI=1S/C18H24N2O6/c1-12(19(14-10-11-14)17(22)26-18(2,3)4)16(21)25-15(20(23)24)13-8-6-5-7-9-13/h5-9,12,14-15H,10-11H2,1-4H3/t12-,15?/m0/s1. The molecule has 8 heteroatoms. The number of ether oxygens (including phenoxy) is 2. The lowest BCUT2D eigenvalue weighted by Crippen LogP contribution is -2.48. The first-order valence-electron chi connectivity index (χ1n) is 8.50. The number of amides is 1. The second-order valence-corrected chi connectivity index (χ2v) is 7.28. The Labute approximate surface area is 152 Å². The number of carbonyl (C=O) groups excluding carboxylic acids is 2. The Balaban J connectivity index is 2.12. The van der Waals surface area contributed by atoms with Gasteiger partial charge in [-0.1, -0.05) is 18.2 Å². The first kappa shape index (κ1) is 19.7. The van der Waals surface area contributed by atoms with E-state index in [0.717, 1.165) is 12.8 Å². The molecule has 1 unspecified atom stereocenters. The average molecular weight is 364 g/mol. The summed E-state index contributed by atoms with van der Waals surface area (Å²) in [5.41, 5.74) is -0.449. The summed E-state index contributed by atoms with van der Waals surface area (Å²) in [6.45, 7) is 6.69. The molecule has 1 amide bonds. The maximum atomic E-state index is 12.5. The lowest BCUT2D eigenvalue weighted by atomic mass is 10.2. The van der Waals surface area contributed by atoms with Crippen molar-refractivity contribution in [2.24, 2.45) is 0 Å². The summed E-state index contributed by atoms with van der Waals surface area (Å²) in [6.07, 6.45) is -0.727. The summed E-state index contributed by atoms with van der Waals surface area (Å²) in [5, 5.41) is 11.3. The Kier molecular flexibility index (Phi) is 5.84. The van der Waals surface area contributed by atoms with E-state index in [0.29, 0.717) is 0 Å². The number of esters is 1. The summed E-state index contributed by atoms with van der Waals surface area (Å²) < 4.78 is 10.5. The van der Waals surface area contributed by atoms with Crippen molar-refractivity contribution in [3.63, 3.8) is 0 Å². The molecule has 0 radical (unpaired) electrons. The molecule has 1 aliphatic rings. The molecule has 26 heavy (non-hydrogen) atoms. The molecule has 2 atom stereocenters. The Morgan fingerprint density at radius 3 is 2.27 bits per heavy atom. The second kappa shape index (κ2) is 7.72. The van der Waals surface area contributed by atoms with Crippen LogP contribution in [0.25, 0.3) is 0 Å². The van der Waals surface area contributed by atoms with Crippen molar-refractivity contribution in [1.82, 2.24) is 4.90 Å². The van der Waals surface area contributed by atoms with Crippen molar-refractivity contribution in [2.75, 3.05) is 0 Å². The summed E-state index contributed by atoms with van der Waals surface area (Å²) in [4.78, 5) is 36.9. The van der Waals surface area contributed by atoms with E-state index in [4.69, 9.17) is 9.47 Å². The van der Waals surface area contributed by atoms with Crippen LogP contribution in [0.3, 0.4) is 0 Å². The van der Waals surface area contributed by atoms with Crippen LogP contribution in [0.4, 0.5) is 4.79 Å². The van der Waals surface area contributed by atoms with Crippen molar-refractivity contribution in [3.8, 4) is 0 Å². The van der Waals surface area contributed by atoms with Gasteiger partial charge in [0.15, 0.2) is 0 Å². The third-order valence-electron chi connectivity index (χ3n) is 3.81. The zero-order chi connectivity index (χ0) is 19.5. The fourth-order valence-corrected chi connectivity index (χ4v) is 2.46. The van der Waals surface area contributed by atoms with Crippen LogP contribution >= 0.6 is 0 Å². The first-order valence-corrected chi connectivity index (χ1v) is 8.50. The molecule has 1 fully saturated rings. The number of nitro groups is 1. The summed E-state index contributed by atoms with van der Waals surface area (Å²) in [6, 6.07) is 6.89. The Hall–Kier alpha value is -2.64. The number of rotatable bonds is 6. The molecule has 1 saturated carbocycles. The predicted octanol–water partition coefficient (Wildman–Crippen LogP) is 3.29. The van der Waals surface area contributed by atoms with Crippen LogP contribution in [0, 0.1) is 10.1 Å². The Bertz CT molecular complexity index is 666. The summed E-state index contributed by atoms with van der Waals surface area (Å²) in [7, 11) is 0. The van der Waals surface area contributed by atoms with Crippen LogP contribution in [0.5, 0.6) is 0 Å². The largest absolute Gasteiger partial charge is 0.444 e. The van der Waals surface area contributed by atoms with Crippen LogP contribution in [-0.4, -0.2) is 39.6 Å². The van der Waals surface area contributed by atoms with Crippen molar-refractivity contribution < 1.29 is 24.0 Å². The number of nitrogens with zero attached hydrogens (tertiary/aromatic N) is 2. The van der Waals surface area contributed by atoms with Gasteiger partial charge in [0.25, 0.3) is 0 Å². The maximum Gasteiger partial charge on any atom is 0.411 e. The maximum absolute atomic E-state index is 12.5. The van der Waals surface area contributed by atoms with Gasteiger partial charge in [-0.2, -0.15) is 0 Å².